The highest BCUT2D eigenvalue weighted by Crippen LogP contribution is 2.37. The van der Waals surface area contributed by atoms with Crippen molar-refractivity contribution in [3.05, 3.63) is 70.8 Å². The Kier molecular flexibility index (Phi) is 3.13. The summed E-state index contributed by atoms with van der Waals surface area (Å²) in [5.41, 5.74) is 3.32. The second-order valence-electron chi connectivity index (χ2n) is 5.11. The molecule has 0 radical (unpaired) electrons. The van der Waals surface area contributed by atoms with Crippen LogP contribution in [0.4, 0.5) is 0 Å². The first-order chi connectivity index (χ1) is 9.25. The second-order valence-corrected chi connectivity index (χ2v) is 5.11. The Labute approximate surface area is 113 Å². The lowest BCUT2D eigenvalue weighted by Crippen LogP contribution is -2.33. The maximum absolute atomic E-state index is 11.2. The van der Waals surface area contributed by atoms with E-state index in [1.165, 1.54) is 11.1 Å². The molecular formula is C17H18O2. The van der Waals surface area contributed by atoms with E-state index in [-0.39, 0.29) is 6.61 Å². The fourth-order valence-electron chi connectivity index (χ4n) is 3.06. The molecule has 2 nitrogen and oxygen atoms in total. The Morgan fingerprint density at radius 3 is 1.89 bits per heavy atom. The molecule has 0 aromatic heterocycles. The van der Waals surface area contributed by atoms with Gasteiger partial charge in [-0.1, -0.05) is 48.5 Å². The Hall–Kier alpha value is -1.64. The Morgan fingerprint density at radius 1 is 0.947 bits per heavy atom. The molecule has 0 aliphatic heterocycles. The molecule has 2 aromatic carbocycles. The van der Waals surface area contributed by atoms with Crippen LogP contribution in [0.25, 0.3) is 0 Å². The molecule has 0 atom stereocenters. The summed E-state index contributed by atoms with van der Waals surface area (Å²) in [5, 5.41) is 11.2. The molecule has 2 aromatic rings. The number of benzene rings is 2. The number of rotatable bonds is 2. The summed E-state index contributed by atoms with van der Waals surface area (Å²) in [7, 11) is 1.63. The van der Waals surface area contributed by atoms with Crippen LogP contribution < -0.4 is 0 Å². The third-order valence-corrected chi connectivity index (χ3v) is 3.94. The predicted molar refractivity (Wildman–Crippen MR) is 75.2 cm³/mol. The van der Waals surface area contributed by atoms with Gasteiger partial charge in [0, 0.05) is 7.11 Å². The molecule has 19 heavy (non-hydrogen) atoms. The lowest BCUT2D eigenvalue weighted by Gasteiger charge is -2.30. The van der Waals surface area contributed by atoms with Crippen molar-refractivity contribution in [2.45, 2.75) is 18.4 Å². The SMILES string of the molecule is COCC1(O)c2ccccc2CCc2ccccc21. The summed E-state index contributed by atoms with van der Waals surface area (Å²) in [5.74, 6) is 0. The van der Waals surface area contributed by atoms with Crippen LogP contribution in [-0.4, -0.2) is 18.8 Å². The molecular weight excluding hydrogens is 236 g/mol. The van der Waals surface area contributed by atoms with Gasteiger partial charge in [0.2, 0.25) is 0 Å². The summed E-state index contributed by atoms with van der Waals surface area (Å²) in [4.78, 5) is 0. The number of aliphatic hydroxyl groups is 1. The number of aryl methyl sites for hydroxylation is 2. The third kappa shape index (κ3) is 1.97. The maximum Gasteiger partial charge on any atom is 0.138 e. The Bertz CT molecular complexity index is 542. The van der Waals surface area contributed by atoms with Gasteiger partial charge in [0.15, 0.2) is 0 Å². The summed E-state index contributed by atoms with van der Waals surface area (Å²) in [6.07, 6.45) is 1.92. The first-order valence-electron chi connectivity index (χ1n) is 6.64. The molecule has 0 spiro atoms. The van der Waals surface area contributed by atoms with Crippen LogP contribution in [0.5, 0.6) is 0 Å². The molecule has 3 rings (SSSR count). The van der Waals surface area contributed by atoms with E-state index in [4.69, 9.17) is 4.74 Å². The molecule has 98 valence electrons. The molecule has 2 heteroatoms. The van der Waals surface area contributed by atoms with E-state index in [9.17, 15) is 5.11 Å². The minimum absolute atomic E-state index is 0.279. The van der Waals surface area contributed by atoms with Crippen LogP contribution in [0.15, 0.2) is 48.5 Å². The topological polar surface area (TPSA) is 29.5 Å². The number of hydrogen-bond acceptors (Lipinski definition) is 2. The Morgan fingerprint density at radius 2 is 1.42 bits per heavy atom. The number of ether oxygens (including phenoxy) is 1. The molecule has 0 amide bonds. The van der Waals surface area contributed by atoms with Crippen molar-refractivity contribution in [1.29, 1.82) is 0 Å². The zero-order chi connectivity index (χ0) is 13.3. The summed E-state index contributed by atoms with van der Waals surface area (Å²) in [6.45, 7) is 0.279. The first kappa shape index (κ1) is 12.4. The molecule has 0 bridgehead atoms. The molecule has 1 aliphatic rings. The first-order valence-corrected chi connectivity index (χ1v) is 6.64. The van der Waals surface area contributed by atoms with Gasteiger partial charge >= 0.3 is 0 Å². The van der Waals surface area contributed by atoms with Crippen molar-refractivity contribution < 1.29 is 9.84 Å². The highest BCUT2D eigenvalue weighted by molar-refractivity contribution is 5.47. The largest absolute Gasteiger partial charge is 0.381 e. The van der Waals surface area contributed by atoms with E-state index in [0.29, 0.717) is 0 Å². The number of hydrogen-bond donors (Lipinski definition) is 1. The highest BCUT2D eigenvalue weighted by atomic mass is 16.5. The summed E-state index contributed by atoms with van der Waals surface area (Å²) in [6, 6.07) is 16.2. The fraction of sp³-hybridized carbons (Fsp3) is 0.294. The van der Waals surface area contributed by atoms with E-state index in [0.717, 1.165) is 24.0 Å². The van der Waals surface area contributed by atoms with Gasteiger partial charge < -0.3 is 9.84 Å². The number of fused-ring (bicyclic) bond motifs is 2. The van der Waals surface area contributed by atoms with Crippen LogP contribution in [0.3, 0.4) is 0 Å². The quantitative estimate of drug-likeness (QED) is 0.892. The van der Waals surface area contributed by atoms with Gasteiger partial charge in [0.05, 0.1) is 6.61 Å². The molecule has 1 N–H and O–H groups in total. The fourth-order valence-corrected chi connectivity index (χ4v) is 3.06. The molecule has 0 saturated carbocycles. The monoisotopic (exact) mass is 254 g/mol. The Balaban J connectivity index is 2.25. The highest BCUT2D eigenvalue weighted by Gasteiger charge is 2.36. The third-order valence-electron chi connectivity index (χ3n) is 3.94. The van der Waals surface area contributed by atoms with Crippen molar-refractivity contribution in [1.82, 2.24) is 0 Å². The normalized spacial score (nSPS) is 16.3. The van der Waals surface area contributed by atoms with Crippen LogP contribution in [0.2, 0.25) is 0 Å². The van der Waals surface area contributed by atoms with E-state index in [1.54, 1.807) is 7.11 Å². The van der Waals surface area contributed by atoms with E-state index >= 15 is 0 Å². The van der Waals surface area contributed by atoms with Crippen LogP contribution in [0.1, 0.15) is 22.3 Å². The molecule has 0 heterocycles. The average Bonchev–Trinajstić information content (AvgIpc) is 2.57. The summed E-state index contributed by atoms with van der Waals surface area (Å²) < 4.78 is 5.30. The van der Waals surface area contributed by atoms with Gasteiger partial charge in [0.1, 0.15) is 5.60 Å². The molecule has 0 saturated heterocycles. The van der Waals surface area contributed by atoms with E-state index in [2.05, 4.69) is 12.1 Å². The lowest BCUT2D eigenvalue weighted by molar-refractivity contribution is -0.00369. The zero-order valence-corrected chi connectivity index (χ0v) is 11.1. The van der Waals surface area contributed by atoms with Crippen molar-refractivity contribution in [3.63, 3.8) is 0 Å². The van der Waals surface area contributed by atoms with Gasteiger partial charge in [-0.2, -0.15) is 0 Å². The smallest absolute Gasteiger partial charge is 0.138 e. The van der Waals surface area contributed by atoms with Gasteiger partial charge in [0.25, 0.3) is 0 Å². The average molecular weight is 254 g/mol. The van der Waals surface area contributed by atoms with Crippen LogP contribution >= 0.6 is 0 Å². The van der Waals surface area contributed by atoms with Gasteiger partial charge in [-0.05, 0) is 35.1 Å². The minimum atomic E-state index is -1.04. The van der Waals surface area contributed by atoms with Crippen molar-refractivity contribution in [2.75, 3.05) is 13.7 Å². The van der Waals surface area contributed by atoms with Crippen molar-refractivity contribution in [2.24, 2.45) is 0 Å². The van der Waals surface area contributed by atoms with E-state index < -0.39 is 5.60 Å². The summed E-state index contributed by atoms with van der Waals surface area (Å²) >= 11 is 0. The van der Waals surface area contributed by atoms with Gasteiger partial charge in [-0.25, -0.2) is 0 Å². The molecule has 0 unspecified atom stereocenters. The molecule has 0 fully saturated rings. The van der Waals surface area contributed by atoms with Gasteiger partial charge in [-0.3, -0.25) is 0 Å². The van der Waals surface area contributed by atoms with Crippen LogP contribution in [-0.2, 0) is 23.2 Å². The predicted octanol–water partition coefficient (Wildman–Crippen LogP) is 2.67. The van der Waals surface area contributed by atoms with Crippen molar-refractivity contribution in [3.8, 4) is 0 Å². The van der Waals surface area contributed by atoms with E-state index in [1.807, 2.05) is 36.4 Å². The number of methoxy groups -OCH3 is 1. The maximum atomic E-state index is 11.2. The standard InChI is InChI=1S/C17H18O2/c1-19-12-17(18)15-8-4-2-6-13(15)10-11-14-7-3-5-9-16(14)17/h2-9,18H,10-12H2,1H3. The molecule has 1 aliphatic carbocycles. The lowest BCUT2D eigenvalue weighted by atomic mass is 9.84. The van der Waals surface area contributed by atoms with Crippen LogP contribution in [0, 0.1) is 0 Å². The van der Waals surface area contributed by atoms with Crippen molar-refractivity contribution >= 4 is 0 Å². The van der Waals surface area contributed by atoms with Gasteiger partial charge in [-0.15, -0.1) is 0 Å². The zero-order valence-electron chi connectivity index (χ0n) is 11.1. The minimum Gasteiger partial charge on any atom is -0.381 e. The second kappa shape index (κ2) is 4.80.